The molecule has 0 aliphatic heterocycles. The Hall–Kier alpha value is -1.05. The average Bonchev–Trinajstić information content (AvgIpc) is 2.45. The van der Waals surface area contributed by atoms with E-state index in [9.17, 15) is 4.79 Å². The van der Waals surface area contributed by atoms with Gasteiger partial charge in [-0.2, -0.15) is 0 Å². The van der Waals surface area contributed by atoms with Crippen LogP contribution in [0.3, 0.4) is 0 Å². The predicted molar refractivity (Wildman–Crippen MR) is 41.1 cm³/mol. The number of hydrogen-bond acceptors (Lipinski definition) is 1. The van der Waals surface area contributed by atoms with Crippen molar-refractivity contribution in [3.8, 4) is 0 Å². The van der Waals surface area contributed by atoms with Crippen molar-refractivity contribution >= 4 is 5.97 Å². The molecule has 58 valence electrons. The minimum Gasteiger partial charge on any atom is -0.481 e. The summed E-state index contributed by atoms with van der Waals surface area (Å²) >= 11 is 0. The van der Waals surface area contributed by atoms with Gasteiger partial charge in [0.2, 0.25) is 0 Å². The van der Waals surface area contributed by atoms with Crippen LogP contribution in [0.15, 0.2) is 23.8 Å². The molecular formula is C9H10O2. The van der Waals surface area contributed by atoms with Crippen molar-refractivity contribution in [3.05, 3.63) is 23.8 Å². The summed E-state index contributed by atoms with van der Waals surface area (Å²) in [5.41, 5.74) is 1.10. The normalized spacial score (nSPS) is 32.5. The quantitative estimate of drug-likeness (QED) is 0.607. The fourth-order valence-corrected chi connectivity index (χ4v) is 1.89. The molecule has 2 heteroatoms. The molecule has 2 aliphatic rings. The molecule has 2 bridgehead atoms. The lowest BCUT2D eigenvalue weighted by Crippen LogP contribution is -2.01. The van der Waals surface area contributed by atoms with Gasteiger partial charge in [-0.1, -0.05) is 23.8 Å². The number of rotatable bonds is 2. The summed E-state index contributed by atoms with van der Waals surface area (Å²) in [6, 6.07) is 0. The summed E-state index contributed by atoms with van der Waals surface area (Å²) in [6.07, 6.45) is 7.73. The van der Waals surface area contributed by atoms with Crippen molar-refractivity contribution in [2.75, 3.05) is 0 Å². The summed E-state index contributed by atoms with van der Waals surface area (Å²) in [5, 5.41) is 8.54. The first-order valence-electron chi connectivity index (χ1n) is 3.86. The molecule has 2 aliphatic carbocycles. The van der Waals surface area contributed by atoms with E-state index in [1.165, 1.54) is 0 Å². The van der Waals surface area contributed by atoms with Crippen LogP contribution in [-0.4, -0.2) is 11.1 Å². The van der Waals surface area contributed by atoms with Gasteiger partial charge in [-0.05, 0) is 18.3 Å². The molecule has 0 heterocycles. The molecule has 0 spiro atoms. The molecule has 0 aromatic rings. The van der Waals surface area contributed by atoms with Gasteiger partial charge in [-0.3, -0.25) is 4.79 Å². The van der Waals surface area contributed by atoms with Crippen LogP contribution in [0.4, 0.5) is 0 Å². The number of carboxylic acid groups (broad SMARTS) is 1. The second-order valence-corrected chi connectivity index (χ2v) is 3.20. The van der Waals surface area contributed by atoms with E-state index in [-0.39, 0.29) is 6.42 Å². The van der Waals surface area contributed by atoms with Crippen molar-refractivity contribution in [2.24, 2.45) is 11.8 Å². The molecule has 0 aromatic carbocycles. The molecule has 2 atom stereocenters. The first kappa shape index (κ1) is 6.65. The van der Waals surface area contributed by atoms with Crippen LogP contribution in [0.5, 0.6) is 0 Å². The number of carboxylic acids is 1. The molecule has 1 N–H and O–H groups in total. The SMILES string of the molecule is O=C(O)CC1=CC2C=CC1C2. The van der Waals surface area contributed by atoms with Gasteiger partial charge in [0.25, 0.3) is 0 Å². The van der Waals surface area contributed by atoms with E-state index in [1.807, 2.05) is 0 Å². The standard InChI is InChI=1S/C9H10O2/c10-9(11)5-8-4-6-1-2-7(8)3-6/h1-2,4,6-7H,3,5H2,(H,10,11). The van der Waals surface area contributed by atoms with E-state index in [4.69, 9.17) is 5.11 Å². The van der Waals surface area contributed by atoms with Crippen LogP contribution in [0, 0.1) is 11.8 Å². The Morgan fingerprint density at radius 1 is 1.64 bits per heavy atom. The first-order chi connectivity index (χ1) is 5.25. The van der Waals surface area contributed by atoms with Crippen molar-refractivity contribution in [3.63, 3.8) is 0 Å². The summed E-state index contributed by atoms with van der Waals surface area (Å²) in [7, 11) is 0. The fourth-order valence-electron chi connectivity index (χ4n) is 1.89. The largest absolute Gasteiger partial charge is 0.481 e. The van der Waals surface area contributed by atoms with Gasteiger partial charge in [0.15, 0.2) is 0 Å². The lowest BCUT2D eigenvalue weighted by Gasteiger charge is -2.05. The first-order valence-corrected chi connectivity index (χ1v) is 3.86. The Morgan fingerprint density at radius 3 is 2.91 bits per heavy atom. The van der Waals surface area contributed by atoms with Crippen molar-refractivity contribution in [2.45, 2.75) is 12.8 Å². The third-order valence-corrected chi connectivity index (χ3v) is 2.38. The van der Waals surface area contributed by atoms with E-state index in [1.54, 1.807) is 0 Å². The highest BCUT2D eigenvalue weighted by atomic mass is 16.4. The Kier molecular flexibility index (Phi) is 1.34. The fraction of sp³-hybridized carbons (Fsp3) is 0.444. The second kappa shape index (κ2) is 2.22. The summed E-state index contributed by atoms with van der Waals surface area (Å²) < 4.78 is 0. The van der Waals surface area contributed by atoms with Gasteiger partial charge in [-0.15, -0.1) is 0 Å². The maximum absolute atomic E-state index is 10.4. The summed E-state index contributed by atoms with van der Waals surface area (Å²) in [6.45, 7) is 0. The van der Waals surface area contributed by atoms with Crippen LogP contribution in [0.2, 0.25) is 0 Å². The van der Waals surface area contributed by atoms with E-state index >= 15 is 0 Å². The number of allylic oxidation sites excluding steroid dienone is 3. The monoisotopic (exact) mass is 150 g/mol. The number of aliphatic carboxylic acids is 1. The summed E-state index contributed by atoms with van der Waals surface area (Å²) in [4.78, 5) is 10.4. The molecule has 0 amide bonds. The highest BCUT2D eigenvalue weighted by molar-refractivity contribution is 5.70. The maximum Gasteiger partial charge on any atom is 0.307 e. The van der Waals surface area contributed by atoms with Crippen molar-refractivity contribution in [1.29, 1.82) is 0 Å². The van der Waals surface area contributed by atoms with Crippen molar-refractivity contribution in [1.82, 2.24) is 0 Å². The van der Waals surface area contributed by atoms with Gasteiger partial charge >= 0.3 is 5.97 Å². The minimum atomic E-state index is -0.711. The number of fused-ring (bicyclic) bond motifs is 2. The molecule has 0 fully saturated rings. The average molecular weight is 150 g/mol. The van der Waals surface area contributed by atoms with Gasteiger partial charge in [0.05, 0.1) is 6.42 Å². The number of hydrogen-bond donors (Lipinski definition) is 1. The van der Waals surface area contributed by atoms with E-state index in [0.717, 1.165) is 12.0 Å². The van der Waals surface area contributed by atoms with E-state index in [2.05, 4.69) is 18.2 Å². The molecule has 0 radical (unpaired) electrons. The molecule has 2 rings (SSSR count). The lowest BCUT2D eigenvalue weighted by atomic mass is 10.0. The zero-order valence-corrected chi connectivity index (χ0v) is 6.16. The van der Waals surface area contributed by atoms with Crippen LogP contribution in [0.1, 0.15) is 12.8 Å². The van der Waals surface area contributed by atoms with E-state index in [0.29, 0.717) is 11.8 Å². The molecule has 0 saturated carbocycles. The van der Waals surface area contributed by atoms with E-state index < -0.39 is 5.97 Å². The Balaban J connectivity index is 2.08. The van der Waals surface area contributed by atoms with Gasteiger partial charge in [0.1, 0.15) is 0 Å². The smallest absolute Gasteiger partial charge is 0.307 e. The second-order valence-electron chi connectivity index (χ2n) is 3.20. The van der Waals surface area contributed by atoms with Gasteiger partial charge in [0, 0.05) is 0 Å². The molecule has 0 saturated heterocycles. The molecule has 11 heavy (non-hydrogen) atoms. The maximum atomic E-state index is 10.4. The third-order valence-electron chi connectivity index (χ3n) is 2.38. The van der Waals surface area contributed by atoms with Crippen LogP contribution >= 0.6 is 0 Å². The Morgan fingerprint density at radius 2 is 2.45 bits per heavy atom. The van der Waals surface area contributed by atoms with Gasteiger partial charge in [-0.25, -0.2) is 0 Å². The van der Waals surface area contributed by atoms with Crippen LogP contribution in [0.25, 0.3) is 0 Å². The highest BCUT2D eigenvalue weighted by Gasteiger charge is 2.28. The van der Waals surface area contributed by atoms with Crippen LogP contribution in [-0.2, 0) is 4.79 Å². The molecule has 2 nitrogen and oxygen atoms in total. The zero-order valence-electron chi connectivity index (χ0n) is 6.16. The predicted octanol–water partition coefficient (Wildman–Crippen LogP) is 1.59. The minimum absolute atomic E-state index is 0.228. The van der Waals surface area contributed by atoms with Crippen molar-refractivity contribution < 1.29 is 9.90 Å². The van der Waals surface area contributed by atoms with Gasteiger partial charge < -0.3 is 5.11 Å². The Bertz CT molecular complexity index is 250. The number of carbonyl (C=O) groups is 1. The molecule has 0 aromatic heterocycles. The lowest BCUT2D eigenvalue weighted by molar-refractivity contribution is -0.136. The summed E-state index contributed by atoms with van der Waals surface area (Å²) in [5.74, 6) is 0.266. The molecule has 2 unspecified atom stereocenters. The zero-order chi connectivity index (χ0) is 7.84. The third kappa shape index (κ3) is 1.09. The topological polar surface area (TPSA) is 37.3 Å². The Labute approximate surface area is 65.2 Å². The highest BCUT2D eigenvalue weighted by Crippen LogP contribution is 2.39. The molecular weight excluding hydrogens is 140 g/mol. The van der Waals surface area contributed by atoms with Crippen LogP contribution < -0.4 is 0 Å².